The molecule has 3 rings (SSSR count). The number of alkyl halides is 2. The van der Waals surface area contributed by atoms with Crippen LogP contribution in [-0.2, 0) is 4.79 Å². The number of benzene rings is 1. The highest BCUT2D eigenvalue weighted by molar-refractivity contribution is 7.99. The van der Waals surface area contributed by atoms with Crippen molar-refractivity contribution in [2.45, 2.75) is 49.3 Å². The van der Waals surface area contributed by atoms with E-state index in [1.807, 2.05) is 0 Å². The van der Waals surface area contributed by atoms with Crippen LogP contribution < -0.4 is 5.32 Å². The van der Waals surface area contributed by atoms with Crippen LogP contribution in [0.25, 0.3) is 6.08 Å². The number of carbonyl (C=O) groups is 1. The number of halogens is 2. The molecule has 5 heteroatoms. The summed E-state index contributed by atoms with van der Waals surface area (Å²) in [6.45, 7) is 2.10. The molecule has 2 aliphatic rings. The lowest BCUT2D eigenvalue weighted by atomic mass is 9.84. The summed E-state index contributed by atoms with van der Waals surface area (Å²) in [6, 6.07) is 6.99. The van der Waals surface area contributed by atoms with E-state index in [1.54, 1.807) is 30.3 Å². The van der Waals surface area contributed by atoms with Gasteiger partial charge in [0.2, 0.25) is 5.91 Å². The Hall–Kier alpha value is -1.36. The number of fused-ring (bicyclic) bond motifs is 2. The summed E-state index contributed by atoms with van der Waals surface area (Å²) in [7, 11) is 0. The summed E-state index contributed by atoms with van der Waals surface area (Å²) in [5.41, 5.74) is 0.830. The Morgan fingerprint density at radius 2 is 2.00 bits per heavy atom. The molecule has 1 N–H and O–H groups in total. The zero-order valence-electron chi connectivity index (χ0n) is 13.8. The van der Waals surface area contributed by atoms with Crippen molar-refractivity contribution in [1.82, 2.24) is 5.32 Å². The molecule has 1 aromatic rings. The highest BCUT2D eigenvalue weighted by atomic mass is 32.2. The molecule has 2 aliphatic carbocycles. The summed E-state index contributed by atoms with van der Waals surface area (Å²) < 4.78 is 24.6. The van der Waals surface area contributed by atoms with Gasteiger partial charge in [-0.3, -0.25) is 4.79 Å². The van der Waals surface area contributed by atoms with Crippen LogP contribution in [0.5, 0.6) is 0 Å². The lowest BCUT2D eigenvalue weighted by Crippen LogP contribution is -2.39. The van der Waals surface area contributed by atoms with Gasteiger partial charge in [-0.15, -0.1) is 0 Å². The molecule has 0 aromatic heterocycles. The summed E-state index contributed by atoms with van der Waals surface area (Å²) >= 11 is 0.523. The van der Waals surface area contributed by atoms with E-state index in [9.17, 15) is 13.6 Å². The number of thioether (sulfide) groups is 1. The van der Waals surface area contributed by atoms with Gasteiger partial charge in [0.1, 0.15) is 0 Å². The average Bonchev–Trinajstić information content (AvgIpc) is 3.17. The SMILES string of the molecule is CC(NC(=O)/C=C/c1ccc(SC(F)F)cc1)C1CC2CCC1C2. The van der Waals surface area contributed by atoms with Crippen LogP contribution >= 0.6 is 11.8 Å². The molecular formula is C19H23F2NOS. The quantitative estimate of drug-likeness (QED) is 0.580. The number of carbonyl (C=O) groups excluding carboxylic acids is 1. The minimum Gasteiger partial charge on any atom is -0.350 e. The molecule has 0 aliphatic heterocycles. The van der Waals surface area contributed by atoms with Gasteiger partial charge in [-0.2, -0.15) is 8.78 Å². The van der Waals surface area contributed by atoms with E-state index < -0.39 is 5.76 Å². The average molecular weight is 351 g/mol. The van der Waals surface area contributed by atoms with E-state index in [1.165, 1.54) is 31.8 Å². The molecule has 2 bridgehead atoms. The predicted molar refractivity (Wildman–Crippen MR) is 93.9 cm³/mol. The Bertz CT molecular complexity index is 602. The van der Waals surface area contributed by atoms with Gasteiger partial charge in [-0.25, -0.2) is 0 Å². The van der Waals surface area contributed by atoms with Gasteiger partial charge in [-0.05, 0) is 67.7 Å². The Labute approximate surface area is 146 Å². The van der Waals surface area contributed by atoms with Gasteiger partial charge in [0.15, 0.2) is 0 Å². The minimum atomic E-state index is -2.41. The minimum absolute atomic E-state index is 0.0868. The van der Waals surface area contributed by atoms with Crippen molar-refractivity contribution in [2.24, 2.45) is 17.8 Å². The fraction of sp³-hybridized carbons (Fsp3) is 0.526. The van der Waals surface area contributed by atoms with Crippen LogP contribution in [0.15, 0.2) is 35.2 Å². The predicted octanol–water partition coefficient (Wildman–Crippen LogP) is 4.96. The molecule has 2 saturated carbocycles. The smallest absolute Gasteiger partial charge is 0.288 e. The number of hydrogen-bond acceptors (Lipinski definition) is 2. The first-order chi connectivity index (χ1) is 11.5. The van der Waals surface area contributed by atoms with Gasteiger partial charge in [0, 0.05) is 17.0 Å². The molecule has 1 aromatic carbocycles. The Morgan fingerprint density at radius 3 is 2.58 bits per heavy atom. The van der Waals surface area contributed by atoms with Crippen molar-refractivity contribution < 1.29 is 13.6 Å². The maximum atomic E-state index is 12.3. The molecule has 2 fully saturated rings. The fourth-order valence-corrected chi connectivity index (χ4v) is 4.72. The van der Waals surface area contributed by atoms with Crippen LogP contribution in [0.3, 0.4) is 0 Å². The van der Waals surface area contributed by atoms with Crippen molar-refractivity contribution in [3.63, 3.8) is 0 Å². The molecule has 1 amide bonds. The van der Waals surface area contributed by atoms with Crippen LogP contribution in [0.4, 0.5) is 8.78 Å². The molecule has 0 saturated heterocycles. The van der Waals surface area contributed by atoms with Crippen LogP contribution in [0, 0.1) is 17.8 Å². The zero-order valence-corrected chi connectivity index (χ0v) is 14.6. The van der Waals surface area contributed by atoms with Crippen molar-refractivity contribution in [3.05, 3.63) is 35.9 Å². The molecule has 4 unspecified atom stereocenters. The zero-order chi connectivity index (χ0) is 17.1. The normalized spacial score (nSPS) is 27.1. The van der Waals surface area contributed by atoms with Crippen molar-refractivity contribution in [2.75, 3.05) is 0 Å². The summed E-state index contributed by atoms with van der Waals surface area (Å²) in [5.74, 6) is -0.221. The van der Waals surface area contributed by atoms with Gasteiger partial charge in [-0.1, -0.05) is 30.3 Å². The number of hydrogen-bond donors (Lipinski definition) is 1. The largest absolute Gasteiger partial charge is 0.350 e. The van der Waals surface area contributed by atoms with Crippen LogP contribution in [0.2, 0.25) is 0 Å². The van der Waals surface area contributed by atoms with E-state index in [4.69, 9.17) is 0 Å². The van der Waals surface area contributed by atoms with Gasteiger partial charge < -0.3 is 5.32 Å². The Balaban J connectivity index is 1.49. The van der Waals surface area contributed by atoms with Gasteiger partial charge in [0.25, 0.3) is 5.76 Å². The Morgan fingerprint density at radius 1 is 1.25 bits per heavy atom. The highest BCUT2D eigenvalue weighted by Crippen LogP contribution is 2.49. The van der Waals surface area contributed by atoms with E-state index in [0.717, 1.165) is 17.4 Å². The third-order valence-corrected chi connectivity index (χ3v) is 6.06. The van der Waals surface area contributed by atoms with E-state index in [2.05, 4.69) is 12.2 Å². The third kappa shape index (κ3) is 4.38. The standard InChI is InChI=1S/C19H23F2NOS/c1-12(17-11-14-2-6-15(17)10-14)22-18(23)9-5-13-3-7-16(8-4-13)24-19(20)21/h3-5,7-9,12,14-15,17,19H,2,6,10-11H2,1H3,(H,22,23)/b9-5+. The van der Waals surface area contributed by atoms with Gasteiger partial charge >= 0.3 is 0 Å². The molecule has 2 nitrogen and oxygen atoms in total. The van der Waals surface area contributed by atoms with Gasteiger partial charge in [0.05, 0.1) is 0 Å². The second-order valence-electron chi connectivity index (χ2n) is 6.92. The lowest BCUT2D eigenvalue weighted by molar-refractivity contribution is -0.117. The van der Waals surface area contributed by atoms with Crippen molar-refractivity contribution in [3.8, 4) is 0 Å². The maximum absolute atomic E-state index is 12.3. The maximum Gasteiger partial charge on any atom is 0.288 e. The fourth-order valence-electron chi connectivity index (χ4n) is 4.22. The topological polar surface area (TPSA) is 29.1 Å². The summed E-state index contributed by atoms with van der Waals surface area (Å²) in [4.78, 5) is 12.6. The van der Waals surface area contributed by atoms with E-state index in [-0.39, 0.29) is 11.9 Å². The van der Waals surface area contributed by atoms with Crippen LogP contribution in [0.1, 0.15) is 38.2 Å². The molecule has 24 heavy (non-hydrogen) atoms. The molecule has 0 spiro atoms. The lowest BCUT2D eigenvalue weighted by Gasteiger charge is -2.28. The van der Waals surface area contributed by atoms with Crippen molar-refractivity contribution in [1.29, 1.82) is 0 Å². The highest BCUT2D eigenvalue weighted by Gasteiger charge is 2.41. The molecule has 0 heterocycles. The third-order valence-electron chi connectivity index (χ3n) is 5.34. The number of amides is 1. The molecular weight excluding hydrogens is 328 g/mol. The summed E-state index contributed by atoms with van der Waals surface area (Å²) in [6.07, 6.45) is 8.51. The first-order valence-electron chi connectivity index (χ1n) is 8.54. The second kappa shape index (κ2) is 7.68. The second-order valence-corrected chi connectivity index (χ2v) is 7.98. The first kappa shape index (κ1) is 17.5. The Kier molecular flexibility index (Phi) is 5.59. The van der Waals surface area contributed by atoms with Crippen LogP contribution in [-0.4, -0.2) is 17.7 Å². The molecule has 0 radical (unpaired) electrons. The summed E-state index contributed by atoms with van der Waals surface area (Å²) in [5, 5.41) is 3.09. The molecule has 4 atom stereocenters. The number of rotatable bonds is 6. The number of nitrogens with one attached hydrogen (secondary N) is 1. The van der Waals surface area contributed by atoms with E-state index in [0.29, 0.717) is 22.6 Å². The monoisotopic (exact) mass is 351 g/mol. The molecule has 130 valence electrons. The van der Waals surface area contributed by atoms with E-state index >= 15 is 0 Å². The first-order valence-corrected chi connectivity index (χ1v) is 9.42. The van der Waals surface area contributed by atoms with Crippen molar-refractivity contribution >= 4 is 23.7 Å².